The second-order valence-corrected chi connectivity index (χ2v) is 17.6. The lowest BCUT2D eigenvalue weighted by Crippen LogP contribution is -2.79. The molecule has 4 aliphatic rings. The Morgan fingerprint density at radius 2 is 1.53 bits per heavy atom. The fourth-order valence-corrected chi connectivity index (χ4v) is 9.74. The number of hydrogen-bond acceptors (Lipinski definition) is 13. The predicted octanol–water partition coefficient (Wildman–Crippen LogP) is 4.00. The molecule has 57 heavy (non-hydrogen) atoms. The molecule has 1 amide bonds. The number of alkyl carbamates (subject to hydrolysis) is 1. The summed E-state index contributed by atoms with van der Waals surface area (Å²) in [4.78, 5) is 54.8. The Bertz CT molecular complexity index is 1880. The van der Waals surface area contributed by atoms with Crippen molar-refractivity contribution in [2.45, 2.75) is 128 Å². The van der Waals surface area contributed by atoms with E-state index >= 15 is 0 Å². The van der Waals surface area contributed by atoms with E-state index in [1.54, 1.807) is 88.4 Å². The molecule has 5 N–H and O–H groups in total. The molecule has 1 aliphatic heterocycles. The van der Waals surface area contributed by atoms with Crippen molar-refractivity contribution in [1.82, 2.24) is 5.32 Å². The molecule has 6 rings (SSSR count). The first-order valence-corrected chi connectivity index (χ1v) is 19.4. The standard InChI is InChI=1S/C43H55NO13/c1-22-27(54-38(51)33(48)31(24-15-11-9-12-16-24)44-39(52)57-40(3,4)5)19-26-34(55-37(50)25-17-13-10-14-18-25)35-42(8,36(49)32(47)30(22)41(26,6)7)28(46)20-29-43(35,21-53-29)56-23(2)45/h9-18,26-29,31-35,37,46-48,50H,19-21H2,1-8H3,(H,44,52)/t26-,27+,28+,29?,31+,32-,33-,34-,35+,37?,42-,43?/m0/s1. The molecule has 12 atom stereocenters. The Hall–Kier alpha value is -4.18. The lowest BCUT2D eigenvalue weighted by molar-refractivity contribution is -0.347. The fourth-order valence-electron chi connectivity index (χ4n) is 9.74. The van der Waals surface area contributed by atoms with Crippen LogP contribution in [0.3, 0.4) is 0 Å². The lowest BCUT2D eigenvalue weighted by atomic mass is 9.46. The molecule has 310 valence electrons. The minimum atomic E-state index is -1.94. The minimum absolute atomic E-state index is 0.00622. The number of ether oxygens (including phenoxy) is 5. The highest BCUT2D eigenvalue weighted by Gasteiger charge is 2.75. The summed E-state index contributed by atoms with van der Waals surface area (Å²) in [6.07, 6.45) is -10.8. The summed E-state index contributed by atoms with van der Waals surface area (Å²) in [5.41, 5.74) is -3.89. The summed E-state index contributed by atoms with van der Waals surface area (Å²) in [7, 11) is 0. The van der Waals surface area contributed by atoms with Gasteiger partial charge in [-0.15, -0.1) is 0 Å². The van der Waals surface area contributed by atoms with Gasteiger partial charge in [-0.25, -0.2) is 9.59 Å². The van der Waals surface area contributed by atoms with Gasteiger partial charge in [-0.3, -0.25) is 9.59 Å². The van der Waals surface area contributed by atoms with E-state index < -0.39 is 107 Å². The number of Topliss-reactive ketones (excluding diaryl/α,β-unsaturated/α-hetero) is 1. The van der Waals surface area contributed by atoms with Crippen molar-refractivity contribution in [3.63, 3.8) is 0 Å². The monoisotopic (exact) mass is 793 g/mol. The van der Waals surface area contributed by atoms with Gasteiger partial charge in [-0.1, -0.05) is 74.5 Å². The highest BCUT2D eigenvalue weighted by molar-refractivity contribution is 5.93. The second kappa shape index (κ2) is 15.5. The van der Waals surface area contributed by atoms with Crippen molar-refractivity contribution in [2.75, 3.05) is 6.61 Å². The number of fused-ring (bicyclic) bond motifs is 5. The van der Waals surface area contributed by atoms with Crippen molar-refractivity contribution < 1.29 is 63.3 Å². The molecule has 1 heterocycles. The molecule has 2 aromatic rings. The van der Waals surface area contributed by atoms with Gasteiger partial charge < -0.3 is 49.4 Å². The number of nitrogens with one attached hydrogen (secondary N) is 1. The highest BCUT2D eigenvalue weighted by Crippen LogP contribution is 2.63. The average Bonchev–Trinajstić information content (AvgIpc) is 3.13. The van der Waals surface area contributed by atoms with Crippen LogP contribution < -0.4 is 5.32 Å². The van der Waals surface area contributed by atoms with Crippen LogP contribution in [0.1, 0.15) is 91.7 Å². The normalized spacial score (nSPS) is 33.5. The van der Waals surface area contributed by atoms with Gasteiger partial charge in [-0.05, 0) is 69.1 Å². The molecule has 0 spiro atoms. The molecule has 0 aromatic heterocycles. The molecule has 2 aromatic carbocycles. The second-order valence-electron chi connectivity index (χ2n) is 17.6. The van der Waals surface area contributed by atoms with E-state index in [0.29, 0.717) is 16.7 Å². The van der Waals surface area contributed by atoms with Gasteiger partial charge in [0.1, 0.15) is 23.9 Å². The number of hydrogen-bond donors (Lipinski definition) is 5. The van der Waals surface area contributed by atoms with Gasteiger partial charge in [0.15, 0.2) is 23.8 Å². The third-order valence-corrected chi connectivity index (χ3v) is 12.5. The first-order chi connectivity index (χ1) is 26.6. The third kappa shape index (κ3) is 7.63. The molecule has 3 fully saturated rings. The fraction of sp³-hybridized carbons (Fsp3) is 0.581. The summed E-state index contributed by atoms with van der Waals surface area (Å²) in [6, 6.07) is 15.6. The first kappa shape index (κ1) is 42.4. The predicted molar refractivity (Wildman–Crippen MR) is 203 cm³/mol. The molecule has 14 nitrogen and oxygen atoms in total. The SMILES string of the molecule is CC(=O)OC12COC1C[C@@H](O)[C@]1(C)C(=O)[C@@H](O)C3=C(C)[C@H](OC(=O)[C@@H](O)[C@H](NC(=O)OC(C)(C)C)c4ccccc4)C[C@@H]([C@H](OC(O)c4ccccc4)[C@@H]21)C3(C)C. The first-order valence-electron chi connectivity index (χ1n) is 19.4. The topological polar surface area (TPSA) is 207 Å². The number of benzene rings is 2. The maximum atomic E-state index is 14.9. The number of esters is 2. The van der Waals surface area contributed by atoms with Crippen molar-refractivity contribution in [3.8, 4) is 0 Å². The summed E-state index contributed by atoms with van der Waals surface area (Å²) in [5, 5.41) is 49.9. The Morgan fingerprint density at radius 3 is 2.07 bits per heavy atom. The van der Waals surface area contributed by atoms with Gasteiger partial charge >= 0.3 is 18.0 Å². The zero-order valence-corrected chi connectivity index (χ0v) is 33.6. The number of ketones is 1. The van der Waals surface area contributed by atoms with E-state index in [0.717, 1.165) is 0 Å². The molecule has 3 unspecified atom stereocenters. The lowest BCUT2D eigenvalue weighted by Gasteiger charge is -2.66. The molecule has 14 heteroatoms. The van der Waals surface area contributed by atoms with Crippen LogP contribution in [0.15, 0.2) is 71.8 Å². The number of amides is 1. The number of carbonyl (C=O) groups is 4. The number of carbonyl (C=O) groups excluding carboxylic acids is 4. The van der Waals surface area contributed by atoms with Gasteiger partial charge in [0.05, 0.1) is 30.3 Å². The largest absolute Gasteiger partial charge is 0.456 e. The van der Waals surface area contributed by atoms with E-state index in [1.807, 2.05) is 13.8 Å². The molecule has 2 bridgehead atoms. The maximum absolute atomic E-state index is 14.9. The van der Waals surface area contributed by atoms with Crippen molar-refractivity contribution in [3.05, 3.63) is 82.9 Å². The quantitative estimate of drug-likeness (QED) is 0.106. The summed E-state index contributed by atoms with van der Waals surface area (Å²) in [6.45, 7) is 12.9. The molecule has 0 radical (unpaired) electrons. The zero-order valence-electron chi connectivity index (χ0n) is 33.6. The molecule has 1 saturated heterocycles. The van der Waals surface area contributed by atoms with Gasteiger partial charge in [0, 0.05) is 24.8 Å². The Labute approximate surface area is 332 Å². The number of aliphatic hydroxyl groups is 4. The Morgan fingerprint density at radius 1 is 0.930 bits per heavy atom. The van der Waals surface area contributed by atoms with Crippen molar-refractivity contribution in [2.24, 2.45) is 22.7 Å². The molecular weight excluding hydrogens is 738 g/mol. The van der Waals surface area contributed by atoms with Crippen LogP contribution in [-0.4, -0.2) is 98.7 Å². The summed E-state index contributed by atoms with van der Waals surface area (Å²) in [5.74, 6) is -4.50. The smallest absolute Gasteiger partial charge is 0.408 e. The Balaban J connectivity index is 1.45. The van der Waals surface area contributed by atoms with Crippen LogP contribution >= 0.6 is 0 Å². The van der Waals surface area contributed by atoms with Crippen LogP contribution in [0.25, 0.3) is 0 Å². The summed E-state index contributed by atoms with van der Waals surface area (Å²) >= 11 is 0. The van der Waals surface area contributed by atoms with Crippen molar-refractivity contribution in [1.29, 1.82) is 0 Å². The molecule has 3 aliphatic carbocycles. The van der Waals surface area contributed by atoms with E-state index in [1.165, 1.54) is 13.8 Å². The number of rotatable bonds is 9. The summed E-state index contributed by atoms with van der Waals surface area (Å²) < 4.78 is 30.2. The highest BCUT2D eigenvalue weighted by atomic mass is 16.6. The van der Waals surface area contributed by atoms with Gasteiger partial charge in [-0.2, -0.15) is 0 Å². The minimum Gasteiger partial charge on any atom is -0.456 e. The molecule has 2 saturated carbocycles. The Kier molecular flexibility index (Phi) is 11.6. The van der Waals surface area contributed by atoms with Crippen molar-refractivity contribution >= 4 is 23.8 Å². The van der Waals surface area contributed by atoms with E-state index in [-0.39, 0.29) is 25.0 Å². The van der Waals surface area contributed by atoms with Crippen LogP contribution in [0.2, 0.25) is 0 Å². The van der Waals surface area contributed by atoms with Gasteiger partial charge in [0.25, 0.3) is 0 Å². The average molecular weight is 794 g/mol. The van der Waals surface area contributed by atoms with E-state index in [9.17, 15) is 39.6 Å². The van der Waals surface area contributed by atoms with E-state index in [2.05, 4.69) is 5.32 Å². The van der Waals surface area contributed by atoms with Crippen LogP contribution in [0, 0.1) is 22.7 Å². The van der Waals surface area contributed by atoms with Crippen LogP contribution in [0.5, 0.6) is 0 Å². The van der Waals surface area contributed by atoms with Gasteiger partial charge in [0.2, 0.25) is 0 Å². The number of aliphatic hydroxyl groups excluding tert-OH is 4. The van der Waals surface area contributed by atoms with Crippen LogP contribution in [0.4, 0.5) is 4.79 Å². The van der Waals surface area contributed by atoms with E-state index in [4.69, 9.17) is 23.7 Å². The zero-order chi connectivity index (χ0) is 41.8. The molecular formula is C43H55NO13. The maximum Gasteiger partial charge on any atom is 0.408 e. The van der Waals surface area contributed by atoms with Crippen LogP contribution in [-0.2, 0) is 38.1 Å². The third-order valence-electron chi connectivity index (χ3n) is 12.5.